The van der Waals surface area contributed by atoms with Gasteiger partial charge in [0.25, 0.3) is 0 Å². The zero-order valence-electron chi connectivity index (χ0n) is 11.6. The van der Waals surface area contributed by atoms with E-state index in [9.17, 15) is 5.11 Å². The molecule has 1 heterocycles. The quantitative estimate of drug-likeness (QED) is 0.859. The highest BCUT2D eigenvalue weighted by Gasteiger charge is 2.25. The Kier molecular flexibility index (Phi) is 4.69. The molecule has 0 saturated heterocycles. The van der Waals surface area contributed by atoms with Crippen molar-refractivity contribution < 1.29 is 5.11 Å². The number of aromatic nitrogens is 3. The van der Waals surface area contributed by atoms with Gasteiger partial charge in [-0.1, -0.05) is 39.8 Å². The van der Waals surface area contributed by atoms with Crippen molar-refractivity contribution in [3.63, 3.8) is 0 Å². The second-order valence-electron chi connectivity index (χ2n) is 5.90. The predicted molar refractivity (Wildman–Crippen MR) is 68.5 cm³/mol. The fraction of sp³-hybridized carbons (Fsp3) is 0.846. The summed E-state index contributed by atoms with van der Waals surface area (Å²) in [4.78, 5) is 0. The van der Waals surface area contributed by atoms with E-state index >= 15 is 0 Å². The van der Waals surface area contributed by atoms with Crippen molar-refractivity contribution in [1.29, 1.82) is 0 Å². The van der Waals surface area contributed by atoms with Gasteiger partial charge in [-0.05, 0) is 24.2 Å². The van der Waals surface area contributed by atoms with Gasteiger partial charge in [0.2, 0.25) is 0 Å². The third-order valence-corrected chi connectivity index (χ3v) is 3.48. The summed E-state index contributed by atoms with van der Waals surface area (Å²) in [6.45, 7) is 11.7. The molecule has 2 atom stereocenters. The normalized spacial score (nSPS) is 15.9. The fourth-order valence-corrected chi connectivity index (χ4v) is 1.72. The average molecular weight is 239 g/mol. The molecule has 0 amide bonds. The molecule has 1 aromatic rings. The lowest BCUT2D eigenvalue weighted by Crippen LogP contribution is -2.21. The molecule has 98 valence electrons. The lowest BCUT2D eigenvalue weighted by molar-refractivity contribution is 0.103. The van der Waals surface area contributed by atoms with Crippen molar-refractivity contribution in [2.24, 2.45) is 11.3 Å². The fourth-order valence-electron chi connectivity index (χ4n) is 1.72. The van der Waals surface area contributed by atoms with Gasteiger partial charge in [0.15, 0.2) is 0 Å². The second-order valence-corrected chi connectivity index (χ2v) is 5.90. The van der Waals surface area contributed by atoms with Crippen LogP contribution < -0.4 is 0 Å². The van der Waals surface area contributed by atoms with Gasteiger partial charge in [0.05, 0.1) is 18.0 Å². The summed E-state index contributed by atoms with van der Waals surface area (Å²) in [6.07, 6.45) is 2.96. The molecule has 0 aromatic carbocycles. The molecule has 0 fully saturated rings. The van der Waals surface area contributed by atoms with E-state index in [0.717, 1.165) is 25.1 Å². The summed E-state index contributed by atoms with van der Waals surface area (Å²) in [5.74, 6) is 0.447. The van der Waals surface area contributed by atoms with E-state index in [-0.39, 0.29) is 5.41 Å². The average Bonchev–Trinajstić information content (AvgIpc) is 2.65. The maximum absolute atomic E-state index is 10.2. The van der Waals surface area contributed by atoms with Crippen LogP contribution in [-0.4, -0.2) is 20.1 Å². The van der Waals surface area contributed by atoms with Crippen LogP contribution in [0, 0.1) is 11.3 Å². The van der Waals surface area contributed by atoms with Crippen LogP contribution in [-0.2, 0) is 6.54 Å². The number of aliphatic hydroxyl groups excluding tert-OH is 1. The number of rotatable bonds is 5. The minimum absolute atomic E-state index is 0.212. The molecule has 4 nitrogen and oxygen atoms in total. The van der Waals surface area contributed by atoms with E-state index in [2.05, 4.69) is 44.9 Å². The second kappa shape index (κ2) is 5.63. The summed E-state index contributed by atoms with van der Waals surface area (Å²) in [6, 6.07) is 0. The van der Waals surface area contributed by atoms with E-state index in [0.29, 0.717) is 5.92 Å². The van der Waals surface area contributed by atoms with Crippen molar-refractivity contribution >= 4 is 0 Å². The minimum atomic E-state index is -0.467. The number of aliphatic hydroxyl groups is 1. The zero-order chi connectivity index (χ0) is 13.1. The van der Waals surface area contributed by atoms with Crippen LogP contribution in [0.5, 0.6) is 0 Å². The van der Waals surface area contributed by atoms with E-state index < -0.39 is 6.10 Å². The van der Waals surface area contributed by atoms with Crippen molar-refractivity contribution in [1.82, 2.24) is 15.0 Å². The summed E-state index contributed by atoms with van der Waals surface area (Å²) < 4.78 is 1.81. The Morgan fingerprint density at radius 3 is 2.59 bits per heavy atom. The minimum Gasteiger partial charge on any atom is -0.387 e. The van der Waals surface area contributed by atoms with Gasteiger partial charge < -0.3 is 5.11 Å². The van der Waals surface area contributed by atoms with Gasteiger partial charge in [0, 0.05) is 6.54 Å². The van der Waals surface area contributed by atoms with E-state index in [1.807, 2.05) is 0 Å². The molecule has 1 aromatic heterocycles. The van der Waals surface area contributed by atoms with Gasteiger partial charge in [-0.3, -0.25) is 0 Å². The third-order valence-electron chi connectivity index (χ3n) is 3.48. The molecular weight excluding hydrogens is 214 g/mol. The van der Waals surface area contributed by atoms with Crippen molar-refractivity contribution in [2.45, 2.75) is 60.1 Å². The molecule has 0 saturated carbocycles. The highest BCUT2D eigenvalue weighted by Crippen LogP contribution is 2.32. The monoisotopic (exact) mass is 239 g/mol. The Morgan fingerprint density at radius 1 is 1.41 bits per heavy atom. The van der Waals surface area contributed by atoms with E-state index in [1.54, 1.807) is 10.9 Å². The molecule has 1 rings (SSSR count). The molecule has 4 heteroatoms. The van der Waals surface area contributed by atoms with Crippen molar-refractivity contribution in [2.75, 3.05) is 0 Å². The van der Waals surface area contributed by atoms with Crippen molar-refractivity contribution in [3.8, 4) is 0 Å². The molecule has 0 aliphatic rings. The summed E-state index contributed by atoms with van der Waals surface area (Å²) >= 11 is 0. The Balaban J connectivity index is 2.69. The number of aryl methyl sites for hydroxylation is 1. The Bertz CT molecular complexity index is 341. The molecule has 0 aliphatic heterocycles. The van der Waals surface area contributed by atoms with Crippen LogP contribution in [0.2, 0.25) is 0 Å². The number of nitrogens with zero attached hydrogens (tertiary/aromatic N) is 3. The SMILES string of the molecule is CCCn1nncc1C(O)CC(C)C(C)(C)C. The molecular formula is C13H25N3O. The zero-order valence-corrected chi connectivity index (χ0v) is 11.6. The van der Waals surface area contributed by atoms with E-state index in [1.165, 1.54) is 0 Å². The van der Waals surface area contributed by atoms with Crippen LogP contribution in [0.3, 0.4) is 0 Å². The topological polar surface area (TPSA) is 50.9 Å². The number of hydrogen-bond acceptors (Lipinski definition) is 3. The molecule has 2 unspecified atom stereocenters. The van der Waals surface area contributed by atoms with Crippen molar-refractivity contribution in [3.05, 3.63) is 11.9 Å². The molecule has 1 N–H and O–H groups in total. The molecule has 0 bridgehead atoms. The summed E-state index contributed by atoms with van der Waals surface area (Å²) in [5.41, 5.74) is 1.05. The molecule has 17 heavy (non-hydrogen) atoms. The highest BCUT2D eigenvalue weighted by atomic mass is 16.3. The number of hydrogen-bond donors (Lipinski definition) is 1. The van der Waals surface area contributed by atoms with Gasteiger partial charge >= 0.3 is 0 Å². The first-order valence-electron chi connectivity index (χ1n) is 6.42. The summed E-state index contributed by atoms with van der Waals surface area (Å²) in [7, 11) is 0. The van der Waals surface area contributed by atoms with Gasteiger partial charge in [0.1, 0.15) is 0 Å². The standard InChI is InChI=1S/C13H25N3O/c1-6-7-16-11(9-14-15-16)12(17)8-10(2)13(3,4)5/h9-10,12,17H,6-8H2,1-5H3. The highest BCUT2D eigenvalue weighted by molar-refractivity contribution is 4.99. The van der Waals surface area contributed by atoms with Crippen LogP contribution in [0.15, 0.2) is 6.20 Å². The lowest BCUT2D eigenvalue weighted by Gasteiger charge is -2.29. The van der Waals surface area contributed by atoms with Crippen LogP contribution in [0.4, 0.5) is 0 Å². The summed E-state index contributed by atoms with van der Waals surface area (Å²) in [5, 5.41) is 18.1. The predicted octanol–water partition coefficient (Wildman–Crippen LogP) is 2.79. The molecule has 0 radical (unpaired) electrons. The smallest absolute Gasteiger partial charge is 0.0975 e. The Morgan fingerprint density at radius 2 is 2.06 bits per heavy atom. The van der Waals surface area contributed by atoms with E-state index in [4.69, 9.17) is 0 Å². The first kappa shape index (κ1) is 14.2. The van der Waals surface area contributed by atoms with Gasteiger partial charge in [-0.2, -0.15) is 0 Å². The maximum Gasteiger partial charge on any atom is 0.0975 e. The largest absolute Gasteiger partial charge is 0.387 e. The van der Waals surface area contributed by atoms with Crippen LogP contribution in [0.1, 0.15) is 59.3 Å². The van der Waals surface area contributed by atoms with Gasteiger partial charge in [-0.15, -0.1) is 5.10 Å². The molecule has 0 aliphatic carbocycles. The lowest BCUT2D eigenvalue weighted by atomic mass is 9.78. The van der Waals surface area contributed by atoms with Gasteiger partial charge in [-0.25, -0.2) is 4.68 Å². The third kappa shape index (κ3) is 3.80. The maximum atomic E-state index is 10.2. The van der Waals surface area contributed by atoms with Crippen LogP contribution >= 0.6 is 0 Å². The Hall–Kier alpha value is -0.900. The Labute approximate surface area is 104 Å². The molecule has 0 spiro atoms. The van der Waals surface area contributed by atoms with Crippen LogP contribution in [0.25, 0.3) is 0 Å². The first-order chi connectivity index (χ1) is 7.86. The first-order valence-corrected chi connectivity index (χ1v) is 6.42.